The maximum Gasteiger partial charge on any atom is 0.251 e. The molecule has 6 nitrogen and oxygen atoms in total. The number of likely N-dealkylation sites (tertiary alicyclic amines) is 1. The van der Waals surface area contributed by atoms with Crippen molar-refractivity contribution in [3.63, 3.8) is 0 Å². The van der Waals surface area contributed by atoms with E-state index in [4.69, 9.17) is 11.6 Å². The molecule has 0 spiro atoms. The zero-order valence-corrected chi connectivity index (χ0v) is 20.2. The number of sulfonamides is 1. The molecule has 2 aromatic rings. The van der Waals surface area contributed by atoms with Crippen LogP contribution in [0.2, 0.25) is 5.02 Å². The molecule has 1 N–H and O–H groups in total. The quantitative estimate of drug-likeness (QED) is 0.546. The SMILES string of the molecule is CS(=O)(=O)N(Cc1ccc(Cl)cc1)c1ccc(C(=O)NCCCN2CCCCCC2)cc1. The highest BCUT2D eigenvalue weighted by atomic mass is 35.5. The van der Waals surface area contributed by atoms with Crippen molar-refractivity contribution in [2.45, 2.75) is 38.6 Å². The van der Waals surface area contributed by atoms with Crippen molar-refractivity contribution in [3.05, 3.63) is 64.7 Å². The minimum atomic E-state index is -3.50. The molecule has 32 heavy (non-hydrogen) atoms. The van der Waals surface area contributed by atoms with Gasteiger partial charge in [0.1, 0.15) is 0 Å². The van der Waals surface area contributed by atoms with Gasteiger partial charge in [0.25, 0.3) is 5.91 Å². The van der Waals surface area contributed by atoms with E-state index in [9.17, 15) is 13.2 Å². The second-order valence-corrected chi connectivity index (χ2v) is 10.7. The lowest BCUT2D eigenvalue weighted by molar-refractivity contribution is 0.0951. The van der Waals surface area contributed by atoms with Crippen LogP contribution in [0.1, 0.15) is 48.0 Å². The highest BCUT2D eigenvalue weighted by molar-refractivity contribution is 7.92. The van der Waals surface area contributed by atoms with Gasteiger partial charge in [-0.25, -0.2) is 8.42 Å². The lowest BCUT2D eigenvalue weighted by atomic mass is 10.1. The van der Waals surface area contributed by atoms with E-state index in [0.29, 0.717) is 22.8 Å². The normalized spacial score (nSPS) is 15.2. The van der Waals surface area contributed by atoms with Crippen LogP contribution in [-0.4, -0.2) is 51.7 Å². The molecule has 1 heterocycles. The van der Waals surface area contributed by atoms with Crippen LogP contribution in [0, 0.1) is 0 Å². The molecule has 174 valence electrons. The average Bonchev–Trinajstić information content (AvgIpc) is 3.04. The number of amides is 1. The summed E-state index contributed by atoms with van der Waals surface area (Å²) in [6.45, 7) is 4.14. The third-order valence-electron chi connectivity index (χ3n) is 5.69. The molecule has 0 radical (unpaired) electrons. The lowest BCUT2D eigenvalue weighted by Crippen LogP contribution is -2.31. The number of benzene rings is 2. The van der Waals surface area contributed by atoms with E-state index in [0.717, 1.165) is 31.6 Å². The van der Waals surface area contributed by atoms with Gasteiger partial charge in [0.15, 0.2) is 0 Å². The number of nitrogens with zero attached hydrogens (tertiary/aromatic N) is 2. The standard InChI is InChI=1S/C24H32ClN3O3S/c1-32(30,31)28(19-20-7-11-22(25)12-8-20)23-13-9-21(10-14-23)24(29)26-15-6-18-27-16-4-2-3-5-17-27/h7-14H,2-6,15-19H2,1H3,(H,26,29). The van der Waals surface area contributed by atoms with Crippen LogP contribution in [0.4, 0.5) is 5.69 Å². The Morgan fingerprint density at radius 3 is 2.22 bits per heavy atom. The van der Waals surface area contributed by atoms with E-state index in [1.807, 2.05) is 0 Å². The minimum absolute atomic E-state index is 0.143. The summed E-state index contributed by atoms with van der Waals surface area (Å²) in [5.74, 6) is -0.143. The van der Waals surface area contributed by atoms with Gasteiger partial charge < -0.3 is 10.2 Å². The summed E-state index contributed by atoms with van der Waals surface area (Å²) in [7, 11) is -3.50. The number of carbonyl (C=O) groups excluding carboxylic acids is 1. The summed E-state index contributed by atoms with van der Waals surface area (Å²) in [4.78, 5) is 15.0. The molecule has 2 aromatic carbocycles. The van der Waals surface area contributed by atoms with E-state index in [1.54, 1.807) is 48.5 Å². The van der Waals surface area contributed by atoms with Gasteiger partial charge in [-0.05, 0) is 80.9 Å². The van der Waals surface area contributed by atoms with Crippen molar-refractivity contribution in [1.82, 2.24) is 10.2 Å². The van der Waals surface area contributed by atoms with Gasteiger partial charge in [-0.1, -0.05) is 36.6 Å². The first-order chi connectivity index (χ1) is 15.3. The van der Waals surface area contributed by atoms with Gasteiger partial charge in [0, 0.05) is 17.1 Å². The van der Waals surface area contributed by atoms with Gasteiger partial charge in [0.05, 0.1) is 18.5 Å². The van der Waals surface area contributed by atoms with Crippen molar-refractivity contribution in [3.8, 4) is 0 Å². The Morgan fingerprint density at radius 2 is 1.62 bits per heavy atom. The third-order valence-corrected chi connectivity index (χ3v) is 7.09. The summed E-state index contributed by atoms with van der Waals surface area (Å²) in [5, 5.41) is 3.57. The van der Waals surface area contributed by atoms with E-state index in [-0.39, 0.29) is 12.5 Å². The van der Waals surface area contributed by atoms with Gasteiger partial charge in [-0.15, -0.1) is 0 Å². The molecule has 0 saturated carbocycles. The maximum absolute atomic E-state index is 12.5. The number of hydrogen-bond donors (Lipinski definition) is 1. The Kier molecular flexibility index (Phi) is 8.96. The van der Waals surface area contributed by atoms with Crippen molar-refractivity contribution in [2.24, 2.45) is 0 Å². The molecular weight excluding hydrogens is 446 g/mol. The molecule has 1 amide bonds. The van der Waals surface area contributed by atoms with Crippen molar-refractivity contribution in [2.75, 3.05) is 36.7 Å². The average molecular weight is 478 g/mol. The van der Waals surface area contributed by atoms with Crippen LogP contribution in [0.25, 0.3) is 0 Å². The number of nitrogens with one attached hydrogen (secondary N) is 1. The van der Waals surface area contributed by atoms with Crippen LogP contribution in [-0.2, 0) is 16.6 Å². The molecular formula is C24H32ClN3O3S. The number of halogens is 1. The smallest absolute Gasteiger partial charge is 0.251 e. The molecule has 3 rings (SSSR count). The maximum atomic E-state index is 12.5. The monoisotopic (exact) mass is 477 g/mol. The molecule has 1 aliphatic rings. The summed E-state index contributed by atoms with van der Waals surface area (Å²) in [5.41, 5.74) is 1.86. The van der Waals surface area contributed by atoms with E-state index in [2.05, 4.69) is 10.2 Å². The fourth-order valence-corrected chi connectivity index (χ4v) is 4.92. The summed E-state index contributed by atoms with van der Waals surface area (Å²) in [6.07, 6.45) is 7.27. The predicted octanol–water partition coefficient (Wildman–Crippen LogP) is 4.30. The number of rotatable bonds is 9. The topological polar surface area (TPSA) is 69.7 Å². The second kappa shape index (κ2) is 11.7. The zero-order chi connectivity index (χ0) is 23.0. The summed E-state index contributed by atoms with van der Waals surface area (Å²) in [6, 6.07) is 13.7. The van der Waals surface area contributed by atoms with Crippen LogP contribution >= 0.6 is 11.6 Å². The Labute approximate surface area is 196 Å². The van der Waals surface area contributed by atoms with Crippen molar-refractivity contribution in [1.29, 1.82) is 0 Å². The third kappa shape index (κ3) is 7.50. The molecule has 0 aromatic heterocycles. The predicted molar refractivity (Wildman–Crippen MR) is 131 cm³/mol. The highest BCUT2D eigenvalue weighted by Crippen LogP contribution is 2.22. The Bertz CT molecular complexity index is 971. The first-order valence-electron chi connectivity index (χ1n) is 11.2. The van der Waals surface area contributed by atoms with Crippen molar-refractivity contribution < 1.29 is 13.2 Å². The molecule has 0 aliphatic carbocycles. The fraction of sp³-hybridized carbons (Fsp3) is 0.458. The van der Waals surface area contributed by atoms with Crippen LogP contribution in [0.15, 0.2) is 48.5 Å². The first-order valence-corrected chi connectivity index (χ1v) is 13.4. The largest absolute Gasteiger partial charge is 0.352 e. The minimum Gasteiger partial charge on any atom is -0.352 e. The van der Waals surface area contributed by atoms with E-state index in [1.165, 1.54) is 36.2 Å². The lowest BCUT2D eigenvalue weighted by Gasteiger charge is -2.23. The number of carbonyl (C=O) groups is 1. The second-order valence-electron chi connectivity index (χ2n) is 8.31. The zero-order valence-electron chi connectivity index (χ0n) is 18.6. The number of anilines is 1. The van der Waals surface area contributed by atoms with Crippen LogP contribution in [0.3, 0.4) is 0 Å². The van der Waals surface area contributed by atoms with E-state index < -0.39 is 10.0 Å². The number of hydrogen-bond acceptors (Lipinski definition) is 4. The molecule has 0 atom stereocenters. The fourth-order valence-electron chi connectivity index (χ4n) is 3.90. The molecule has 1 saturated heterocycles. The van der Waals surface area contributed by atoms with Gasteiger partial charge >= 0.3 is 0 Å². The molecule has 0 bridgehead atoms. The molecule has 8 heteroatoms. The first kappa shape index (κ1) is 24.6. The summed E-state index contributed by atoms with van der Waals surface area (Å²) < 4.78 is 26.0. The Hall–Kier alpha value is -2.09. The molecule has 1 fully saturated rings. The molecule has 1 aliphatic heterocycles. The van der Waals surface area contributed by atoms with E-state index >= 15 is 0 Å². The van der Waals surface area contributed by atoms with Crippen LogP contribution < -0.4 is 9.62 Å². The summed E-state index contributed by atoms with van der Waals surface area (Å²) >= 11 is 5.92. The van der Waals surface area contributed by atoms with Crippen molar-refractivity contribution >= 4 is 33.2 Å². The van der Waals surface area contributed by atoms with Gasteiger partial charge in [-0.3, -0.25) is 9.10 Å². The van der Waals surface area contributed by atoms with Gasteiger partial charge in [0.2, 0.25) is 10.0 Å². The Morgan fingerprint density at radius 1 is 1.00 bits per heavy atom. The van der Waals surface area contributed by atoms with Crippen LogP contribution in [0.5, 0.6) is 0 Å². The van der Waals surface area contributed by atoms with Gasteiger partial charge in [-0.2, -0.15) is 0 Å². The molecule has 0 unspecified atom stereocenters. The Balaban J connectivity index is 1.55. The highest BCUT2D eigenvalue weighted by Gasteiger charge is 2.18.